The fraction of sp³-hybridized carbons (Fsp3) is 0.318. The number of carbonyl (C=O) groups excluding carboxylic acids is 2. The van der Waals surface area contributed by atoms with E-state index < -0.39 is 5.97 Å². The Hall–Kier alpha value is -2.93. The molecule has 0 saturated heterocycles. The van der Waals surface area contributed by atoms with Gasteiger partial charge >= 0.3 is 5.97 Å². The van der Waals surface area contributed by atoms with Crippen LogP contribution in [-0.4, -0.2) is 30.7 Å². The third kappa shape index (κ3) is 4.40. The van der Waals surface area contributed by atoms with Crippen LogP contribution in [0, 0.1) is 0 Å². The molecule has 0 aliphatic heterocycles. The summed E-state index contributed by atoms with van der Waals surface area (Å²) < 4.78 is 12.8. The summed E-state index contributed by atoms with van der Waals surface area (Å²) in [7, 11) is 2.89. The number of nitrogens with zero attached hydrogens (tertiary/aromatic N) is 2. The number of para-hydroxylation sites is 1. The van der Waals surface area contributed by atoms with Crippen molar-refractivity contribution in [2.45, 2.75) is 32.7 Å². The van der Waals surface area contributed by atoms with Gasteiger partial charge in [-0.25, -0.2) is 0 Å². The summed E-state index contributed by atoms with van der Waals surface area (Å²) in [5, 5.41) is 0. The van der Waals surface area contributed by atoms with E-state index in [2.05, 4.69) is 25.8 Å². The quantitative estimate of drug-likeness (QED) is 0.609. The number of thiazole rings is 1. The van der Waals surface area contributed by atoms with E-state index in [1.54, 1.807) is 29.9 Å². The minimum absolute atomic E-state index is 0.00425. The summed E-state index contributed by atoms with van der Waals surface area (Å²) in [6.45, 7) is 6.30. The van der Waals surface area contributed by atoms with Gasteiger partial charge in [0.2, 0.25) is 0 Å². The molecule has 2 aromatic carbocycles. The second kappa shape index (κ2) is 8.21. The van der Waals surface area contributed by atoms with Crippen molar-refractivity contribution in [2.24, 2.45) is 4.99 Å². The number of aromatic nitrogens is 1. The standard InChI is InChI=1S/C22H24N2O4S/c1-22(2,3)15-11-9-14(10-12-15)20(26)23-21-24(13-18(25)28-5)19-16(27-4)7-6-8-17(19)29-21/h6-12H,13H2,1-5H3. The number of ether oxygens (including phenoxy) is 2. The molecule has 152 valence electrons. The first kappa shape index (κ1) is 20.8. The predicted octanol–water partition coefficient (Wildman–Crippen LogP) is 3.92. The average molecular weight is 413 g/mol. The maximum absolute atomic E-state index is 12.8. The molecule has 0 spiro atoms. The third-order valence-electron chi connectivity index (χ3n) is 4.59. The van der Waals surface area contributed by atoms with Crippen molar-refractivity contribution in [1.82, 2.24) is 4.57 Å². The Kier molecular flexibility index (Phi) is 5.88. The van der Waals surface area contributed by atoms with Gasteiger partial charge in [0, 0.05) is 5.56 Å². The Labute approximate surface area is 173 Å². The van der Waals surface area contributed by atoms with Crippen LogP contribution in [0.15, 0.2) is 47.5 Å². The molecule has 7 heteroatoms. The summed E-state index contributed by atoms with van der Waals surface area (Å²) in [6, 6.07) is 13.0. The van der Waals surface area contributed by atoms with Gasteiger partial charge in [0.25, 0.3) is 5.91 Å². The number of amides is 1. The topological polar surface area (TPSA) is 69.9 Å². The van der Waals surface area contributed by atoms with Crippen molar-refractivity contribution in [2.75, 3.05) is 14.2 Å². The van der Waals surface area contributed by atoms with E-state index in [-0.39, 0.29) is 17.9 Å². The molecular formula is C22H24N2O4S. The average Bonchev–Trinajstić information content (AvgIpc) is 3.04. The van der Waals surface area contributed by atoms with Crippen molar-refractivity contribution in [3.05, 3.63) is 58.4 Å². The zero-order valence-electron chi connectivity index (χ0n) is 17.2. The van der Waals surface area contributed by atoms with Crippen LogP contribution < -0.4 is 9.54 Å². The van der Waals surface area contributed by atoms with Crippen molar-refractivity contribution >= 4 is 33.4 Å². The molecule has 0 bridgehead atoms. The molecule has 0 aliphatic carbocycles. The SMILES string of the molecule is COC(=O)Cn1c(=NC(=O)c2ccc(C(C)(C)C)cc2)sc2cccc(OC)c21. The molecule has 3 aromatic rings. The largest absolute Gasteiger partial charge is 0.495 e. The number of benzene rings is 2. The number of esters is 1. The molecule has 1 aromatic heterocycles. The maximum atomic E-state index is 12.8. The summed E-state index contributed by atoms with van der Waals surface area (Å²) >= 11 is 1.32. The summed E-state index contributed by atoms with van der Waals surface area (Å²) in [4.78, 5) is 29.5. The van der Waals surface area contributed by atoms with Crippen LogP contribution in [0.25, 0.3) is 10.2 Å². The highest BCUT2D eigenvalue weighted by atomic mass is 32.1. The van der Waals surface area contributed by atoms with Crippen molar-refractivity contribution in [3.63, 3.8) is 0 Å². The lowest BCUT2D eigenvalue weighted by atomic mass is 9.87. The van der Waals surface area contributed by atoms with Gasteiger partial charge in [-0.15, -0.1) is 0 Å². The molecule has 29 heavy (non-hydrogen) atoms. The van der Waals surface area contributed by atoms with Gasteiger partial charge in [-0.1, -0.05) is 50.3 Å². The van der Waals surface area contributed by atoms with E-state index in [0.29, 0.717) is 21.6 Å². The number of carbonyl (C=O) groups is 2. The number of fused-ring (bicyclic) bond motifs is 1. The molecule has 0 unspecified atom stereocenters. The lowest BCUT2D eigenvalue weighted by molar-refractivity contribution is -0.141. The molecule has 3 rings (SSSR count). The Balaban J connectivity index is 2.10. The summed E-state index contributed by atoms with van der Waals surface area (Å²) in [5.74, 6) is -0.195. The zero-order chi connectivity index (χ0) is 21.2. The Morgan fingerprint density at radius 1 is 1.07 bits per heavy atom. The highest BCUT2D eigenvalue weighted by molar-refractivity contribution is 7.16. The molecule has 6 nitrogen and oxygen atoms in total. The smallest absolute Gasteiger partial charge is 0.325 e. The lowest BCUT2D eigenvalue weighted by Crippen LogP contribution is -2.22. The second-order valence-electron chi connectivity index (χ2n) is 7.60. The van der Waals surface area contributed by atoms with E-state index >= 15 is 0 Å². The first-order chi connectivity index (χ1) is 13.7. The fourth-order valence-electron chi connectivity index (χ4n) is 2.95. The molecule has 0 N–H and O–H groups in total. The fourth-order valence-corrected chi connectivity index (χ4v) is 4.00. The van der Waals surface area contributed by atoms with Gasteiger partial charge < -0.3 is 14.0 Å². The van der Waals surface area contributed by atoms with Crippen LogP contribution >= 0.6 is 11.3 Å². The minimum atomic E-state index is -0.431. The molecule has 1 amide bonds. The van der Waals surface area contributed by atoms with Gasteiger partial charge in [0.05, 0.1) is 18.9 Å². The van der Waals surface area contributed by atoms with Crippen molar-refractivity contribution in [3.8, 4) is 5.75 Å². The number of methoxy groups -OCH3 is 2. The molecule has 1 heterocycles. The Morgan fingerprint density at radius 2 is 1.76 bits per heavy atom. The first-order valence-corrected chi connectivity index (χ1v) is 9.99. The van der Waals surface area contributed by atoms with Crippen LogP contribution in [-0.2, 0) is 21.5 Å². The van der Waals surface area contributed by atoms with E-state index in [0.717, 1.165) is 10.3 Å². The number of hydrogen-bond acceptors (Lipinski definition) is 5. The molecule has 0 saturated carbocycles. The molecule has 0 radical (unpaired) electrons. The predicted molar refractivity (Wildman–Crippen MR) is 113 cm³/mol. The molecular weight excluding hydrogens is 388 g/mol. The Bertz CT molecular complexity index is 1120. The van der Waals surface area contributed by atoms with Gasteiger partial charge in [-0.05, 0) is 35.2 Å². The zero-order valence-corrected chi connectivity index (χ0v) is 18.0. The van der Waals surface area contributed by atoms with Gasteiger partial charge in [0.1, 0.15) is 17.8 Å². The normalized spacial score (nSPS) is 12.2. The minimum Gasteiger partial charge on any atom is -0.495 e. The third-order valence-corrected chi connectivity index (χ3v) is 5.64. The number of hydrogen-bond donors (Lipinski definition) is 0. The van der Waals surface area contributed by atoms with E-state index in [9.17, 15) is 9.59 Å². The van der Waals surface area contributed by atoms with Crippen molar-refractivity contribution < 1.29 is 19.1 Å². The van der Waals surface area contributed by atoms with Gasteiger partial charge in [-0.2, -0.15) is 4.99 Å². The molecule has 0 aliphatic rings. The van der Waals surface area contributed by atoms with E-state index in [1.807, 2.05) is 24.3 Å². The summed E-state index contributed by atoms with van der Waals surface area (Å²) in [6.07, 6.45) is 0. The highest BCUT2D eigenvalue weighted by Gasteiger charge is 2.17. The molecule has 0 fully saturated rings. The van der Waals surface area contributed by atoms with Crippen LogP contribution in [0.4, 0.5) is 0 Å². The van der Waals surface area contributed by atoms with Crippen LogP contribution in [0.1, 0.15) is 36.7 Å². The summed E-state index contributed by atoms with van der Waals surface area (Å²) in [5.41, 5.74) is 2.35. The number of rotatable bonds is 4. The van der Waals surface area contributed by atoms with Gasteiger partial charge in [-0.3, -0.25) is 9.59 Å². The first-order valence-electron chi connectivity index (χ1n) is 9.17. The Morgan fingerprint density at radius 3 is 2.34 bits per heavy atom. The van der Waals surface area contributed by atoms with Crippen molar-refractivity contribution in [1.29, 1.82) is 0 Å². The van der Waals surface area contributed by atoms with Crippen LogP contribution in [0.3, 0.4) is 0 Å². The van der Waals surface area contributed by atoms with E-state index in [1.165, 1.54) is 18.4 Å². The molecule has 0 atom stereocenters. The van der Waals surface area contributed by atoms with Crippen LogP contribution in [0.5, 0.6) is 5.75 Å². The van der Waals surface area contributed by atoms with Crippen LogP contribution in [0.2, 0.25) is 0 Å². The van der Waals surface area contributed by atoms with E-state index in [4.69, 9.17) is 9.47 Å². The maximum Gasteiger partial charge on any atom is 0.325 e. The second-order valence-corrected chi connectivity index (χ2v) is 8.61. The highest BCUT2D eigenvalue weighted by Crippen LogP contribution is 2.27. The lowest BCUT2D eigenvalue weighted by Gasteiger charge is -2.18. The monoisotopic (exact) mass is 412 g/mol. The van der Waals surface area contributed by atoms with Gasteiger partial charge in [0.15, 0.2) is 4.80 Å².